The zero-order valence-electron chi connectivity index (χ0n) is 17.1. The number of hydrogen-bond acceptors (Lipinski definition) is 3. The highest BCUT2D eigenvalue weighted by atomic mass is 16.5. The molecule has 2 fully saturated rings. The third-order valence-electron chi connectivity index (χ3n) is 7.17. The van der Waals surface area contributed by atoms with Crippen LogP contribution < -0.4 is 5.69 Å². The molecule has 5 heteroatoms. The lowest BCUT2D eigenvalue weighted by Crippen LogP contribution is -2.52. The predicted molar refractivity (Wildman–Crippen MR) is 107 cm³/mol. The van der Waals surface area contributed by atoms with Crippen molar-refractivity contribution in [3.05, 3.63) is 34.2 Å². The Morgan fingerprint density at radius 1 is 1.15 bits per heavy atom. The van der Waals surface area contributed by atoms with Crippen LogP contribution in [0.1, 0.15) is 59.1 Å². The fourth-order valence-corrected chi connectivity index (χ4v) is 5.35. The molecule has 1 aromatic carbocycles. The fourth-order valence-electron chi connectivity index (χ4n) is 5.35. The lowest BCUT2D eigenvalue weighted by atomic mass is 9.63. The fraction of sp³-hybridized carbons (Fsp3) is 0.682. The van der Waals surface area contributed by atoms with Gasteiger partial charge in [0, 0.05) is 13.1 Å². The number of aromatic nitrogens is 2. The van der Waals surface area contributed by atoms with Crippen molar-refractivity contribution in [2.45, 2.75) is 78.4 Å². The van der Waals surface area contributed by atoms with Crippen molar-refractivity contribution in [1.82, 2.24) is 9.13 Å². The molecule has 1 N–H and O–H groups in total. The quantitative estimate of drug-likeness (QED) is 0.893. The van der Waals surface area contributed by atoms with Gasteiger partial charge in [-0.1, -0.05) is 13.0 Å². The van der Waals surface area contributed by atoms with Crippen LogP contribution in [0.25, 0.3) is 11.0 Å². The van der Waals surface area contributed by atoms with Crippen LogP contribution in [0.5, 0.6) is 0 Å². The number of imidazole rings is 1. The predicted octanol–water partition coefficient (Wildman–Crippen LogP) is 3.72. The van der Waals surface area contributed by atoms with Crippen molar-refractivity contribution < 1.29 is 9.84 Å². The highest BCUT2D eigenvalue weighted by molar-refractivity contribution is 5.77. The molecule has 4 rings (SSSR count). The minimum absolute atomic E-state index is 0.0454. The van der Waals surface area contributed by atoms with Gasteiger partial charge in [-0.05, 0) is 76.0 Å². The van der Waals surface area contributed by atoms with Crippen LogP contribution in [0, 0.1) is 17.8 Å². The molecule has 148 valence electrons. The highest BCUT2D eigenvalue weighted by Crippen LogP contribution is 2.53. The van der Waals surface area contributed by atoms with Gasteiger partial charge < -0.3 is 9.84 Å². The molecule has 1 aliphatic heterocycles. The average Bonchev–Trinajstić information content (AvgIpc) is 2.91. The van der Waals surface area contributed by atoms with E-state index in [0.717, 1.165) is 29.4 Å². The van der Waals surface area contributed by atoms with Gasteiger partial charge >= 0.3 is 5.69 Å². The number of aryl methyl sites for hydroxylation is 2. The number of rotatable bonds is 3. The molecule has 2 aromatic rings. The molecule has 1 saturated carbocycles. The Balaban J connectivity index is 1.82. The van der Waals surface area contributed by atoms with Crippen LogP contribution in [0.4, 0.5) is 0 Å². The molecule has 2 unspecified atom stereocenters. The molecule has 27 heavy (non-hydrogen) atoms. The molecule has 2 aliphatic rings. The molecular formula is C22H32N2O3. The molecule has 5 atom stereocenters. The highest BCUT2D eigenvalue weighted by Gasteiger charge is 2.50. The first-order valence-electron chi connectivity index (χ1n) is 10.4. The molecule has 0 amide bonds. The normalized spacial score (nSPS) is 32.7. The summed E-state index contributed by atoms with van der Waals surface area (Å²) in [6, 6.07) is 6.32. The largest absolute Gasteiger partial charge is 0.393 e. The third-order valence-corrected chi connectivity index (χ3v) is 7.17. The van der Waals surface area contributed by atoms with Crippen LogP contribution in [0.15, 0.2) is 23.0 Å². The second kappa shape index (κ2) is 6.49. The monoisotopic (exact) mass is 372 g/mol. The van der Waals surface area contributed by atoms with E-state index in [-0.39, 0.29) is 29.4 Å². The van der Waals surface area contributed by atoms with Gasteiger partial charge in [-0.3, -0.25) is 9.13 Å². The van der Waals surface area contributed by atoms with Crippen molar-refractivity contribution in [3.8, 4) is 0 Å². The first kappa shape index (κ1) is 18.8. The summed E-state index contributed by atoms with van der Waals surface area (Å²) in [7, 11) is 0. The summed E-state index contributed by atoms with van der Waals surface area (Å²) in [6.45, 7) is 11.8. The number of benzene rings is 1. The van der Waals surface area contributed by atoms with Gasteiger partial charge in [0.05, 0.1) is 28.8 Å². The van der Waals surface area contributed by atoms with E-state index in [9.17, 15) is 9.90 Å². The number of fused-ring (bicyclic) bond motifs is 3. The Morgan fingerprint density at radius 3 is 2.48 bits per heavy atom. The van der Waals surface area contributed by atoms with Gasteiger partial charge in [0.25, 0.3) is 0 Å². The first-order valence-corrected chi connectivity index (χ1v) is 10.4. The van der Waals surface area contributed by atoms with Gasteiger partial charge in [-0.15, -0.1) is 0 Å². The zero-order valence-corrected chi connectivity index (χ0v) is 17.1. The summed E-state index contributed by atoms with van der Waals surface area (Å²) < 4.78 is 10.3. The Morgan fingerprint density at radius 2 is 1.81 bits per heavy atom. The molecule has 5 nitrogen and oxygen atoms in total. The van der Waals surface area contributed by atoms with E-state index in [1.54, 1.807) is 0 Å². The second-order valence-corrected chi connectivity index (χ2v) is 8.92. The Kier molecular flexibility index (Phi) is 4.51. The van der Waals surface area contributed by atoms with E-state index in [2.05, 4.69) is 39.0 Å². The molecular weight excluding hydrogens is 340 g/mol. The second-order valence-electron chi connectivity index (χ2n) is 8.92. The maximum atomic E-state index is 12.7. The molecule has 0 radical (unpaired) electrons. The lowest BCUT2D eigenvalue weighted by molar-refractivity contribution is -0.215. The average molecular weight is 373 g/mol. The standard InChI is InChI=1S/C22H32N2O3/c1-6-23-17-9-8-14(10-18(17)24(7-2)21(23)26)20-16-11-15(22(4,5)27-20)12-19(25)13(16)3/h8-10,13,15-16,19-20,25H,6-7,11-12H2,1-5H3/t13-,15?,16?,19-,20-/m0/s1. The Hall–Kier alpha value is -1.59. The maximum absolute atomic E-state index is 12.7. The van der Waals surface area contributed by atoms with Crippen LogP contribution in [0.3, 0.4) is 0 Å². The summed E-state index contributed by atoms with van der Waals surface area (Å²) in [5.41, 5.74) is 2.89. The van der Waals surface area contributed by atoms with Crippen LogP contribution in [-0.2, 0) is 17.8 Å². The molecule has 1 aromatic heterocycles. The van der Waals surface area contributed by atoms with Gasteiger partial charge in [0.2, 0.25) is 0 Å². The van der Waals surface area contributed by atoms with Crippen LogP contribution in [-0.4, -0.2) is 25.9 Å². The topological polar surface area (TPSA) is 56.4 Å². The zero-order chi connectivity index (χ0) is 19.5. The summed E-state index contributed by atoms with van der Waals surface area (Å²) >= 11 is 0. The lowest BCUT2D eigenvalue weighted by Gasteiger charge is -2.53. The van der Waals surface area contributed by atoms with E-state index in [1.807, 2.05) is 23.0 Å². The SMILES string of the molecule is CCn1c(=O)n(CC)c2cc([C@@H]3OC(C)(C)C4CC3[C@H](C)[C@@H](O)C4)ccc21. The van der Waals surface area contributed by atoms with Crippen LogP contribution in [0.2, 0.25) is 0 Å². The number of aliphatic hydroxyl groups is 1. The summed E-state index contributed by atoms with van der Waals surface area (Å²) in [4.78, 5) is 12.7. The summed E-state index contributed by atoms with van der Waals surface area (Å²) in [6.07, 6.45) is 1.60. The van der Waals surface area contributed by atoms with Crippen molar-refractivity contribution in [2.75, 3.05) is 0 Å². The number of hydrogen-bond donors (Lipinski definition) is 1. The third kappa shape index (κ3) is 2.78. The minimum atomic E-state index is -0.266. The number of ether oxygens (including phenoxy) is 1. The van der Waals surface area contributed by atoms with E-state index in [4.69, 9.17) is 4.74 Å². The van der Waals surface area contributed by atoms with Crippen molar-refractivity contribution in [3.63, 3.8) is 0 Å². The van der Waals surface area contributed by atoms with E-state index in [0.29, 0.717) is 24.9 Å². The smallest absolute Gasteiger partial charge is 0.329 e. The van der Waals surface area contributed by atoms with Crippen LogP contribution >= 0.6 is 0 Å². The number of nitrogens with zero attached hydrogens (tertiary/aromatic N) is 2. The van der Waals surface area contributed by atoms with Gasteiger partial charge in [-0.2, -0.15) is 0 Å². The molecule has 2 bridgehead atoms. The Labute approximate surface area is 160 Å². The van der Waals surface area contributed by atoms with Crippen molar-refractivity contribution in [2.24, 2.45) is 17.8 Å². The van der Waals surface area contributed by atoms with E-state index in [1.165, 1.54) is 0 Å². The van der Waals surface area contributed by atoms with E-state index >= 15 is 0 Å². The first-order chi connectivity index (χ1) is 12.8. The number of aliphatic hydroxyl groups excluding tert-OH is 1. The van der Waals surface area contributed by atoms with Gasteiger partial charge in [0.1, 0.15) is 0 Å². The Bertz CT molecular complexity index is 910. The molecule has 0 spiro atoms. The van der Waals surface area contributed by atoms with Gasteiger partial charge in [0.15, 0.2) is 0 Å². The molecule has 1 saturated heterocycles. The van der Waals surface area contributed by atoms with Crippen molar-refractivity contribution >= 4 is 11.0 Å². The molecule has 1 aliphatic carbocycles. The maximum Gasteiger partial charge on any atom is 0.329 e. The summed E-state index contributed by atoms with van der Waals surface area (Å²) in [5.74, 6) is 0.912. The molecule has 2 heterocycles. The van der Waals surface area contributed by atoms with Gasteiger partial charge in [-0.25, -0.2) is 4.79 Å². The summed E-state index contributed by atoms with van der Waals surface area (Å²) in [5, 5.41) is 10.6. The van der Waals surface area contributed by atoms with Crippen molar-refractivity contribution in [1.29, 1.82) is 0 Å². The van der Waals surface area contributed by atoms with E-state index < -0.39 is 0 Å². The minimum Gasteiger partial charge on any atom is -0.393 e.